The first-order valence-electron chi connectivity index (χ1n) is 11.2. The molecule has 0 unspecified atom stereocenters. The predicted octanol–water partition coefficient (Wildman–Crippen LogP) is 5.39. The van der Waals surface area contributed by atoms with Crippen LogP contribution in [-0.4, -0.2) is 39.3 Å². The molecule has 184 valence electrons. The topological polar surface area (TPSA) is 88.4 Å². The Hall–Kier alpha value is -1.98. The van der Waals surface area contributed by atoms with Crippen LogP contribution in [-0.2, 0) is 15.4 Å². The highest BCUT2D eigenvalue weighted by molar-refractivity contribution is 7.88. The Morgan fingerprint density at radius 3 is 2.32 bits per heavy atom. The van der Waals surface area contributed by atoms with Gasteiger partial charge < -0.3 is 9.47 Å². The van der Waals surface area contributed by atoms with Crippen molar-refractivity contribution in [3.63, 3.8) is 0 Å². The molecule has 1 aliphatic carbocycles. The zero-order chi connectivity index (χ0) is 24.9. The second-order valence-electron chi connectivity index (χ2n) is 9.11. The number of ether oxygens (including phenoxy) is 2. The number of hydrogen-bond acceptors (Lipinski definition) is 5. The van der Waals surface area contributed by atoms with Crippen molar-refractivity contribution in [2.24, 2.45) is 0 Å². The van der Waals surface area contributed by atoms with Crippen LogP contribution in [0.1, 0.15) is 56.2 Å². The fourth-order valence-electron chi connectivity index (χ4n) is 4.24. The van der Waals surface area contributed by atoms with Gasteiger partial charge in [0.2, 0.25) is 10.0 Å². The predicted molar refractivity (Wildman–Crippen MR) is 136 cm³/mol. The van der Waals surface area contributed by atoms with Crippen LogP contribution in [0.2, 0.25) is 5.02 Å². The van der Waals surface area contributed by atoms with Crippen LogP contribution in [0.15, 0.2) is 36.4 Å². The summed E-state index contributed by atoms with van der Waals surface area (Å²) in [5.41, 5.74) is 1.92. The minimum absolute atomic E-state index is 0.0186. The normalized spacial score (nSPS) is 18.8. The molecule has 0 aliphatic heterocycles. The second kappa shape index (κ2) is 11.2. The maximum atomic E-state index is 11.4. The molecule has 0 saturated heterocycles. The molecule has 1 aliphatic rings. The van der Waals surface area contributed by atoms with E-state index in [4.69, 9.17) is 32.7 Å². The Balaban J connectivity index is 1.69. The minimum atomic E-state index is -3.18. The lowest BCUT2D eigenvalue weighted by molar-refractivity contribution is 0.144. The maximum absolute atomic E-state index is 11.4. The summed E-state index contributed by atoms with van der Waals surface area (Å²) in [7, 11) is -3.18. The number of alkyl halides is 1. The third-order valence-electron chi connectivity index (χ3n) is 6.14. The summed E-state index contributed by atoms with van der Waals surface area (Å²) in [6.07, 6.45) is 4.37. The van der Waals surface area contributed by atoms with Gasteiger partial charge in [-0.15, -0.1) is 11.6 Å². The van der Waals surface area contributed by atoms with E-state index < -0.39 is 15.4 Å². The fourth-order valence-corrected chi connectivity index (χ4v) is 5.43. The van der Waals surface area contributed by atoms with Crippen LogP contribution in [0.4, 0.5) is 0 Å². The number of rotatable bonds is 9. The Kier molecular flexibility index (Phi) is 8.75. The summed E-state index contributed by atoms with van der Waals surface area (Å²) in [6.45, 7) is 4.42. The molecule has 6 nitrogen and oxygen atoms in total. The molecule has 2 aromatic rings. The molecule has 3 rings (SSSR count). The Morgan fingerprint density at radius 2 is 1.76 bits per heavy atom. The summed E-state index contributed by atoms with van der Waals surface area (Å²) >= 11 is 12.1. The average Bonchev–Trinajstić information content (AvgIpc) is 2.78. The van der Waals surface area contributed by atoms with E-state index >= 15 is 0 Å². The lowest BCUT2D eigenvalue weighted by Crippen LogP contribution is -2.39. The van der Waals surface area contributed by atoms with E-state index in [1.807, 2.05) is 36.4 Å². The highest BCUT2D eigenvalue weighted by Gasteiger charge is 2.27. The van der Waals surface area contributed by atoms with Crippen molar-refractivity contribution in [2.45, 2.75) is 57.1 Å². The highest BCUT2D eigenvalue weighted by Crippen LogP contribution is 2.38. The SMILES string of the molecule is CC(C)(c1ccc(OC2CCC(NS(C)(=O)=O)CC2)cc1)c1cc(Cl)c(OCCCl)c(C#N)c1. The zero-order valence-electron chi connectivity index (χ0n) is 19.6. The van der Waals surface area contributed by atoms with E-state index in [9.17, 15) is 13.7 Å². The molecule has 2 aromatic carbocycles. The third kappa shape index (κ3) is 6.79. The molecule has 0 bridgehead atoms. The smallest absolute Gasteiger partial charge is 0.208 e. The lowest BCUT2D eigenvalue weighted by Gasteiger charge is -2.30. The summed E-state index contributed by atoms with van der Waals surface area (Å²) in [4.78, 5) is 0. The molecule has 0 radical (unpaired) electrons. The van der Waals surface area contributed by atoms with E-state index in [2.05, 4.69) is 24.6 Å². The van der Waals surface area contributed by atoms with Gasteiger partial charge in [-0.3, -0.25) is 0 Å². The van der Waals surface area contributed by atoms with Crippen molar-refractivity contribution in [3.8, 4) is 17.6 Å². The largest absolute Gasteiger partial charge is 0.490 e. The molecule has 0 amide bonds. The number of nitriles is 1. The number of nitrogens with one attached hydrogen (secondary N) is 1. The van der Waals surface area contributed by atoms with Gasteiger partial charge in [0.05, 0.1) is 28.8 Å². The molecule has 1 fully saturated rings. The van der Waals surface area contributed by atoms with Crippen molar-refractivity contribution in [3.05, 3.63) is 58.1 Å². The number of halogens is 2. The van der Waals surface area contributed by atoms with Crippen LogP contribution < -0.4 is 14.2 Å². The van der Waals surface area contributed by atoms with Crippen molar-refractivity contribution in [1.29, 1.82) is 5.26 Å². The van der Waals surface area contributed by atoms with Gasteiger partial charge in [-0.05, 0) is 61.1 Å². The van der Waals surface area contributed by atoms with Gasteiger partial charge in [-0.1, -0.05) is 37.6 Å². The molecule has 1 N–H and O–H groups in total. The van der Waals surface area contributed by atoms with Crippen LogP contribution in [0.5, 0.6) is 11.5 Å². The zero-order valence-corrected chi connectivity index (χ0v) is 21.9. The number of nitrogens with zero attached hydrogens (tertiary/aromatic N) is 1. The van der Waals surface area contributed by atoms with E-state index in [1.165, 1.54) is 6.26 Å². The third-order valence-corrected chi connectivity index (χ3v) is 7.34. The highest BCUT2D eigenvalue weighted by atomic mass is 35.5. The van der Waals surface area contributed by atoms with Gasteiger partial charge in [-0.2, -0.15) is 5.26 Å². The Bertz CT molecular complexity index is 1140. The summed E-state index contributed by atoms with van der Waals surface area (Å²) < 4.78 is 37.2. The first-order chi connectivity index (χ1) is 16.0. The van der Waals surface area contributed by atoms with Gasteiger partial charge in [0.1, 0.15) is 18.4 Å². The Morgan fingerprint density at radius 1 is 1.12 bits per heavy atom. The van der Waals surface area contributed by atoms with Crippen molar-refractivity contribution in [1.82, 2.24) is 4.72 Å². The van der Waals surface area contributed by atoms with Gasteiger partial charge in [-0.25, -0.2) is 13.1 Å². The van der Waals surface area contributed by atoms with Gasteiger partial charge in [0, 0.05) is 11.5 Å². The van der Waals surface area contributed by atoms with Crippen molar-refractivity contribution in [2.75, 3.05) is 18.7 Å². The molecule has 34 heavy (non-hydrogen) atoms. The quantitative estimate of drug-likeness (QED) is 0.444. The first-order valence-corrected chi connectivity index (χ1v) is 14.0. The van der Waals surface area contributed by atoms with Crippen molar-refractivity contribution >= 4 is 33.2 Å². The van der Waals surface area contributed by atoms with E-state index in [0.29, 0.717) is 22.2 Å². The van der Waals surface area contributed by atoms with Crippen LogP contribution in [0, 0.1) is 11.3 Å². The van der Waals surface area contributed by atoms with Crippen LogP contribution in [0.3, 0.4) is 0 Å². The molecule has 0 heterocycles. The number of benzene rings is 2. The van der Waals surface area contributed by atoms with Gasteiger partial charge >= 0.3 is 0 Å². The number of sulfonamides is 1. The molecule has 0 spiro atoms. The van der Waals surface area contributed by atoms with Crippen LogP contribution >= 0.6 is 23.2 Å². The lowest BCUT2D eigenvalue weighted by atomic mass is 9.77. The average molecular weight is 525 g/mol. The van der Waals surface area contributed by atoms with E-state index in [1.54, 1.807) is 0 Å². The number of hydrogen-bond donors (Lipinski definition) is 1. The minimum Gasteiger partial charge on any atom is -0.490 e. The fraction of sp³-hybridized carbons (Fsp3) is 0.480. The molecule has 0 atom stereocenters. The van der Waals surface area contributed by atoms with E-state index in [0.717, 1.165) is 42.6 Å². The second-order valence-corrected chi connectivity index (χ2v) is 11.7. The molecular formula is C25H30Cl2N2O4S. The summed E-state index contributed by atoms with van der Waals surface area (Å²) in [5.74, 6) is 1.44. The first kappa shape index (κ1) is 26.6. The molecule has 0 aromatic heterocycles. The summed E-state index contributed by atoms with van der Waals surface area (Å²) in [6, 6.07) is 13.7. The van der Waals surface area contributed by atoms with Gasteiger partial charge in [0.15, 0.2) is 5.75 Å². The molecule has 1 saturated carbocycles. The van der Waals surface area contributed by atoms with Crippen molar-refractivity contribution < 1.29 is 17.9 Å². The van der Waals surface area contributed by atoms with Gasteiger partial charge in [0.25, 0.3) is 0 Å². The molecular weight excluding hydrogens is 495 g/mol. The standard InChI is InChI=1S/C25H30Cl2N2O4S/c1-25(2,19-14-17(16-28)24(23(27)15-19)32-13-12-26)18-4-8-21(9-5-18)33-22-10-6-20(7-11-22)29-34(3,30)31/h4-5,8-9,14-15,20,22,29H,6-7,10-13H2,1-3H3. The summed E-state index contributed by atoms with van der Waals surface area (Å²) in [5, 5.41) is 9.98. The molecule has 9 heteroatoms. The van der Waals surface area contributed by atoms with E-state index in [-0.39, 0.29) is 18.8 Å². The monoisotopic (exact) mass is 524 g/mol. The van der Waals surface area contributed by atoms with Crippen LogP contribution in [0.25, 0.3) is 0 Å². The maximum Gasteiger partial charge on any atom is 0.208 e. The Labute approximate surface area is 212 Å².